The van der Waals surface area contributed by atoms with Crippen LogP contribution < -0.4 is 20.9 Å². The fourth-order valence-electron chi connectivity index (χ4n) is 3.72. The van der Waals surface area contributed by atoms with Crippen molar-refractivity contribution in [2.24, 2.45) is 0 Å². The van der Waals surface area contributed by atoms with E-state index in [0.29, 0.717) is 16.7 Å². The van der Waals surface area contributed by atoms with Crippen molar-refractivity contribution in [3.8, 4) is 5.75 Å². The third kappa shape index (κ3) is 4.30. The van der Waals surface area contributed by atoms with E-state index in [4.69, 9.17) is 13.6 Å². The number of hydrogen-bond acceptors (Lipinski definition) is 7. The summed E-state index contributed by atoms with van der Waals surface area (Å²) in [6, 6.07) is 13.9. The zero-order chi connectivity index (χ0) is 23.5. The van der Waals surface area contributed by atoms with Crippen LogP contribution >= 0.6 is 0 Å². The number of anilines is 1. The second-order valence-electron chi connectivity index (χ2n) is 7.41. The van der Waals surface area contributed by atoms with E-state index in [9.17, 15) is 14.4 Å². The van der Waals surface area contributed by atoms with Crippen LogP contribution in [0.5, 0.6) is 5.75 Å². The number of carbonyl (C=O) groups excluding carboxylic acids is 1. The van der Waals surface area contributed by atoms with Crippen molar-refractivity contribution in [2.45, 2.75) is 13.8 Å². The highest BCUT2D eigenvalue weighted by atomic mass is 16.5. The van der Waals surface area contributed by atoms with Gasteiger partial charge in [-0.25, -0.2) is 9.59 Å². The highest BCUT2D eigenvalue weighted by Gasteiger charge is 2.14. The van der Waals surface area contributed by atoms with Crippen molar-refractivity contribution >= 4 is 39.5 Å². The lowest BCUT2D eigenvalue weighted by atomic mass is 10.1. The van der Waals surface area contributed by atoms with Crippen molar-refractivity contribution in [3.05, 3.63) is 86.6 Å². The van der Waals surface area contributed by atoms with Gasteiger partial charge in [0, 0.05) is 35.6 Å². The Balaban J connectivity index is 1.66. The fourth-order valence-corrected chi connectivity index (χ4v) is 3.72. The number of carbonyl (C=O) groups is 1. The Morgan fingerprint density at radius 2 is 1.76 bits per heavy atom. The van der Waals surface area contributed by atoms with Gasteiger partial charge in [0.2, 0.25) is 0 Å². The van der Waals surface area contributed by atoms with Crippen LogP contribution in [0.4, 0.5) is 5.69 Å². The molecule has 2 aromatic carbocycles. The van der Waals surface area contributed by atoms with Gasteiger partial charge in [0.05, 0.1) is 12.7 Å². The van der Waals surface area contributed by atoms with Crippen LogP contribution in [-0.4, -0.2) is 26.0 Å². The van der Waals surface area contributed by atoms with Crippen LogP contribution in [-0.2, 0) is 0 Å². The topological polar surface area (TPSA) is 90.0 Å². The Hall–Kier alpha value is -4.13. The molecule has 0 aliphatic carbocycles. The molecular weight excluding hydrogens is 422 g/mol. The maximum Gasteiger partial charge on any atom is 0.347 e. The molecule has 0 bridgehead atoms. The summed E-state index contributed by atoms with van der Waals surface area (Å²) in [6.45, 7) is 5.79. The molecule has 0 N–H and O–H groups in total. The van der Waals surface area contributed by atoms with Crippen molar-refractivity contribution in [1.82, 2.24) is 0 Å². The monoisotopic (exact) mass is 445 g/mol. The lowest BCUT2D eigenvalue weighted by Crippen LogP contribution is -2.21. The summed E-state index contributed by atoms with van der Waals surface area (Å²) in [5, 5.41) is 1.29. The quantitative estimate of drug-likeness (QED) is 0.232. The minimum atomic E-state index is -0.781. The lowest BCUT2D eigenvalue weighted by Gasteiger charge is -2.20. The SMILES string of the molecule is CCN(CC)c1ccc2cc(/C=C/C(=O)c3cc4cccc(OC)c4oc3=O)c(=O)oc2c1. The van der Waals surface area contributed by atoms with Crippen molar-refractivity contribution in [3.63, 3.8) is 0 Å². The molecular formula is C26H23NO6. The molecule has 4 rings (SSSR count). The van der Waals surface area contributed by atoms with Gasteiger partial charge < -0.3 is 18.5 Å². The van der Waals surface area contributed by atoms with Crippen molar-refractivity contribution in [2.75, 3.05) is 25.1 Å². The number of para-hydroxylation sites is 1. The van der Waals surface area contributed by atoms with Gasteiger partial charge in [0.1, 0.15) is 11.1 Å². The molecule has 0 amide bonds. The molecule has 33 heavy (non-hydrogen) atoms. The highest BCUT2D eigenvalue weighted by Crippen LogP contribution is 2.25. The first-order valence-electron chi connectivity index (χ1n) is 10.6. The summed E-state index contributed by atoms with van der Waals surface area (Å²) in [5.41, 5.74) is 0.421. The average molecular weight is 445 g/mol. The Labute approximate surface area is 189 Å². The van der Waals surface area contributed by atoms with Crippen LogP contribution in [0.3, 0.4) is 0 Å². The number of fused-ring (bicyclic) bond motifs is 2. The molecule has 0 radical (unpaired) electrons. The van der Waals surface area contributed by atoms with E-state index >= 15 is 0 Å². The molecule has 0 saturated carbocycles. The first kappa shape index (κ1) is 22.1. The van der Waals surface area contributed by atoms with Gasteiger partial charge in [-0.1, -0.05) is 12.1 Å². The highest BCUT2D eigenvalue weighted by molar-refractivity contribution is 6.08. The molecule has 0 aliphatic heterocycles. The van der Waals surface area contributed by atoms with E-state index in [-0.39, 0.29) is 16.7 Å². The minimum absolute atomic E-state index is 0.138. The van der Waals surface area contributed by atoms with Crippen LogP contribution in [0.15, 0.2) is 73.0 Å². The number of benzene rings is 2. The minimum Gasteiger partial charge on any atom is -0.493 e. The molecule has 2 heterocycles. The molecule has 7 nitrogen and oxygen atoms in total. The molecule has 7 heteroatoms. The Morgan fingerprint density at radius 3 is 2.48 bits per heavy atom. The summed E-state index contributed by atoms with van der Waals surface area (Å²) in [7, 11) is 1.47. The number of ketones is 1. The van der Waals surface area contributed by atoms with E-state index < -0.39 is 17.0 Å². The Kier molecular flexibility index (Phi) is 6.13. The molecule has 0 atom stereocenters. The van der Waals surface area contributed by atoms with Crippen LogP contribution in [0, 0.1) is 0 Å². The average Bonchev–Trinajstić information content (AvgIpc) is 2.82. The first-order valence-corrected chi connectivity index (χ1v) is 10.6. The van der Waals surface area contributed by atoms with Gasteiger partial charge in [0.15, 0.2) is 17.1 Å². The summed E-state index contributed by atoms with van der Waals surface area (Å²) >= 11 is 0. The smallest absolute Gasteiger partial charge is 0.347 e. The van der Waals surface area contributed by atoms with E-state index in [1.165, 1.54) is 25.3 Å². The summed E-state index contributed by atoms with van der Waals surface area (Å²) in [4.78, 5) is 39.7. The van der Waals surface area contributed by atoms with Gasteiger partial charge in [-0.05, 0) is 56.3 Å². The first-order chi connectivity index (χ1) is 15.9. The van der Waals surface area contributed by atoms with E-state index in [1.54, 1.807) is 24.3 Å². The third-order valence-electron chi connectivity index (χ3n) is 5.50. The number of allylic oxidation sites excluding steroid dienone is 1. The van der Waals surface area contributed by atoms with Crippen LogP contribution in [0.1, 0.15) is 29.8 Å². The van der Waals surface area contributed by atoms with Gasteiger partial charge in [-0.15, -0.1) is 0 Å². The van der Waals surface area contributed by atoms with E-state index in [2.05, 4.69) is 18.7 Å². The van der Waals surface area contributed by atoms with Crippen LogP contribution in [0.2, 0.25) is 0 Å². The summed E-state index contributed by atoms with van der Waals surface area (Å²) in [6.07, 6.45) is 2.52. The van der Waals surface area contributed by atoms with Crippen molar-refractivity contribution in [1.29, 1.82) is 0 Å². The van der Waals surface area contributed by atoms with Crippen LogP contribution in [0.25, 0.3) is 28.0 Å². The maximum atomic E-state index is 12.7. The number of hydrogen-bond donors (Lipinski definition) is 0. The van der Waals surface area contributed by atoms with Gasteiger partial charge >= 0.3 is 11.3 Å². The predicted molar refractivity (Wildman–Crippen MR) is 128 cm³/mol. The largest absolute Gasteiger partial charge is 0.493 e. The number of nitrogens with zero attached hydrogens (tertiary/aromatic N) is 1. The zero-order valence-electron chi connectivity index (χ0n) is 18.6. The van der Waals surface area contributed by atoms with Gasteiger partial charge in [0.25, 0.3) is 0 Å². The molecule has 0 aliphatic rings. The molecule has 0 fully saturated rings. The Morgan fingerprint density at radius 1 is 0.970 bits per heavy atom. The molecule has 4 aromatic rings. The van der Waals surface area contributed by atoms with E-state index in [0.717, 1.165) is 24.2 Å². The molecule has 0 saturated heterocycles. The Bertz CT molecular complexity index is 1490. The van der Waals surface area contributed by atoms with Gasteiger partial charge in [-0.2, -0.15) is 0 Å². The van der Waals surface area contributed by atoms with E-state index in [1.807, 2.05) is 18.2 Å². The standard InChI is InChI=1S/C26H23NO6/c1-4-27(5-2)19-11-9-16-13-18(25(29)32-23(16)15-19)10-12-21(28)20-14-17-7-6-8-22(31-3)24(17)33-26(20)30/h6-15H,4-5H2,1-3H3/b12-10+. The molecule has 0 unspecified atom stereocenters. The lowest BCUT2D eigenvalue weighted by molar-refractivity contribution is 0.104. The third-order valence-corrected chi connectivity index (χ3v) is 5.50. The number of rotatable bonds is 7. The fraction of sp³-hybridized carbons (Fsp3) is 0.192. The molecule has 2 aromatic heterocycles. The molecule has 168 valence electrons. The summed E-state index contributed by atoms with van der Waals surface area (Å²) < 4.78 is 16.0. The normalized spacial score (nSPS) is 11.4. The second kappa shape index (κ2) is 9.16. The van der Waals surface area contributed by atoms with Crippen molar-refractivity contribution < 1.29 is 18.4 Å². The number of methoxy groups -OCH3 is 1. The van der Waals surface area contributed by atoms with Gasteiger partial charge in [-0.3, -0.25) is 4.79 Å². The summed E-state index contributed by atoms with van der Waals surface area (Å²) in [5.74, 6) is -0.179. The number of ether oxygens (including phenoxy) is 1. The second-order valence-corrected chi connectivity index (χ2v) is 7.41. The zero-order valence-corrected chi connectivity index (χ0v) is 18.6. The maximum absolute atomic E-state index is 12.7. The molecule has 0 spiro atoms. The predicted octanol–water partition coefficient (Wildman–Crippen LogP) is 4.65.